The maximum absolute atomic E-state index is 12.0. The fourth-order valence-electron chi connectivity index (χ4n) is 1.95. The van der Waals surface area contributed by atoms with Gasteiger partial charge in [0.2, 0.25) is 0 Å². The number of halogens is 1. The Hall–Kier alpha value is -2.53. The monoisotopic (exact) mass is 333 g/mol. The molecule has 0 spiro atoms. The lowest BCUT2D eigenvalue weighted by Gasteiger charge is -2.09. The Labute approximate surface area is 139 Å². The van der Waals surface area contributed by atoms with Crippen molar-refractivity contribution in [1.82, 2.24) is 0 Å². The first-order valence-corrected chi connectivity index (χ1v) is 7.25. The van der Waals surface area contributed by atoms with Crippen LogP contribution < -0.4 is 10.1 Å². The second-order valence-electron chi connectivity index (χ2n) is 4.79. The van der Waals surface area contributed by atoms with E-state index >= 15 is 0 Å². The fourth-order valence-corrected chi connectivity index (χ4v) is 2.13. The number of anilines is 1. The molecule has 120 valence electrons. The number of para-hydroxylation sites is 1. The molecular weight excluding hydrogens is 318 g/mol. The molecule has 0 radical (unpaired) electrons. The van der Waals surface area contributed by atoms with Crippen molar-refractivity contribution in [2.75, 3.05) is 19.0 Å². The number of carbonyl (C=O) groups is 2. The van der Waals surface area contributed by atoms with Crippen molar-refractivity contribution >= 4 is 29.2 Å². The Morgan fingerprint density at radius 2 is 1.91 bits per heavy atom. The zero-order chi connectivity index (χ0) is 16.8. The third-order valence-corrected chi connectivity index (χ3v) is 3.47. The first-order valence-electron chi connectivity index (χ1n) is 6.87. The molecule has 0 atom stereocenters. The van der Waals surface area contributed by atoms with E-state index in [1.807, 2.05) is 0 Å². The topological polar surface area (TPSA) is 64.6 Å². The lowest BCUT2D eigenvalue weighted by Crippen LogP contribution is -2.21. The van der Waals surface area contributed by atoms with Crippen LogP contribution in [0, 0.1) is 6.92 Å². The summed E-state index contributed by atoms with van der Waals surface area (Å²) >= 11 is 5.94. The molecule has 1 N–H and O–H groups in total. The Balaban J connectivity index is 1.94. The highest BCUT2D eigenvalue weighted by Crippen LogP contribution is 2.20. The van der Waals surface area contributed by atoms with Crippen molar-refractivity contribution in [1.29, 1.82) is 0 Å². The van der Waals surface area contributed by atoms with Gasteiger partial charge in [0.05, 0.1) is 23.4 Å². The molecule has 0 heterocycles. The standard InChI is InChI=1S/C17H16ClNO4/c1-11-9-12(22-2)7-8-13(11)17(21)23-10-16(20)19-15-6-4-3-5-14(15)18/h3-9H,10H2,1-2H3,(H,19,20). The zero-order valence-corrected chi connectivity index (χ0v) is 13.5. The van der Waals surface area contributed by atoms with E-state index < -0.39 is 18.5 Å². The maximum Gasteiger partial charge on any atom is 0.338 e. The molecule has 23 heavy (non-hydrogen) atoms. The van der Waals surface area contributed by atoms with Crippen LogP contribution in [0.3, 0.4) is 0 Å². The summed E-state index contributed by atoms with van der Waals surface area (Å²) in [6.45, 7) is 1.37. The lowest BCUT2D eigenvalue weighted by molar-refractivity contribution is -0.119. The zero-order valence-electron chi connectivity index (χ0n) is 12.8. The molecule has 0 fully saturated rings. The molecule has 2 rings (SSSR count). The van der Waals surface area contributed by atoms with Gasteiger partial charge in [-0.15, -0.1) is 0 Å². The summed E-state index contributed by atoms with van der Waals surface area (Å²) in [4.78, 5) is 23.8. The first kappa shape index (κ1) is 16.8. The fraction of sp³-hybridized carbons (Fsp3) is 0.176. The highest BCUT2D eigenvalue weighted by Gasteiger charge is 2.14. The van der Waals surface area contributed by atoms with E-state index in [9.17, 15) is 9.59 Å². The SMILES string of the molecule is COc1ccc(C(=O)OCC(=O)Nc2ccccc2Cl)c(C)c1. The van der Waals surface area contributed by atoms with Gasteiger partial charge >= 0.3 is 5.97 Å². The van der Waals surface area contributed by atoms with E-state index in [2.05, 4.69) is 5.32 Å². The van der Waals surface area contributed by atoms with Crippen LogP contribution in [0.15, 0.2) is 42.5 Å². The molecular formula is C17H16ClNO4. The van der Waals surface area contributed by atoms with Gasteiger partial charge in [-0.2, -0.15) is 0 Å². The van der Waals surface area contributed by atoms with Gasteiger partial charge in [0, 0.05) is 0 Å². The third-order valence-electron chi connectivity index (χ3n) is 3.14. The smallest absolute Gasteiger partial charge is 0.338 e. The number of benzene rings is 2. The van der Waals surface area contributed by atoms with Crippen LogP contribution in [0.25, 0.3) is 0 Å². The summed E-state index contributed by atoms with van der Waals surface area (Å²) in [5, 5.41) is 3.00. The Bertz CT molecular complexity index is 730. The second-order valence-corrected chi connectivity index (χ2v) is 5.19. The van der Waals surface area contributed by atoms with E-state index in [0.717, 1.165) is 0 Å². The number of carbonyl (C=O) groups excluding carboxylic acids is 2. The number of hydrogen-bond acceptors (Lipinski definition) is 4. The number of esters is 1. The van der Waals surface area contributed by atoms with Crippen molar-refractivity contribution in [3.8, 4) is 5.75 Å². The minimum absolute atomic E-state index is 0.386. The van der Waals surface area contributed by atoms with Crippen LogP contribution in [0.4, 0.5) is 5.69 Å². The van der Waals surface area contributed by atoms with Crippen molar-refractivity contribution in [3.05, 3.63) is 58.6 Å². The van der Waals surface area contributed by atoms with E-state index in [-0.39, 0.29) is 0 Å². The summed E-state index contributed by atoms with van der Waals surface area (Å²) in [7, 11) is 1.55. The molecule has 5 nitrogen and oxygen atoms in total. The molecule has 0 saturated carbocycles. The summed E-state index contributed by atoms with van der Waals surface area (Å²) < 4.78 is 10.1. The van der Waals surface area contributed by atoms with Gasteiger partial charge in [-0.3, -0.25) is 4.79 Å². The average Bonchev–Trinajstić information content (AvgIpc) is 2.54. The molecule has 0 aliphatic heterocycles. The minimum atomic E-state index is -0.570. The van der Waals surface area contributed by atoms with Gasteiger partial charge in [-0.25, -0.2) is 4.79 Å². The van der Waals surface area contributed by atoms with Gasteiger partial charge in [0.1, 0.15) is 5.75 Å². The number of hydrogen-bond donors (Lipinski definition) is 1. The van der Waals surface area contributed by atoms with Gasteiger partial charge in [-0.1, -0.05) is 23.7 Å². The molecule has 2 aromatic carbocycles. The number of aryl methyl sites for hydroxylation is 1. The summed E-state index contributed by atoms with van der Waals surface area (Å²) in [5.74, 6) is -0.382. The van der Waals surface area contributed by atoms with E-state index in [4.69, 9.17) is 21.1 Å². The molecule has 0 aliphatic rings. The summed E-state index contributed by atoms with van der Waals surface area (Å²) in [6, 6.07) is 11.8. The van der Waals surface area contributed by atoms with Crippen LogP contribution in [-0.4, -0.2) is 25.6 Å². The number of ether oxygens (including phenoxy) is 2. The predicted octanol–water partition coefficient (Wildman–Crippen LogP) is 3.45. The van der Waals surface area contributed by atoms with Gasteiger partial charge in [0.15, 0.2) is 6.61 Å². The van der Waals surface area contributed by atoms with Crippen LogP contribution in [0.5, 0.6) is 5.75 Å². The van der Waals surface area contributed by atoms with Crippen LogP contribution in [0.1, 0.15) is 15.9 Å². The maximum atomic E-state index is 12.0. The van der Waals surface area contributed by atoms with Gasteiger partial charge < -0.3 is 14.8 Å². The molecule has 0 aromatic heterocycles. The third kappa shape index (κ3) is 4.47. The molecule has 0 bridgehead atoms. The van der Waals surface area contributed by atoms with Crippen LogP contribution in [0.2, 0.25) is 5.02 Å². The highest BCUT2D eigenvalue weighted by molar-refractivity contribution is 6.33. The van der Waals surface area contributed by atoms with Crippen molar-refractivity contribution in [2.45, 2.75) is 6.92 Å². The van der Waals surface area contributed by atoms with Crippen molar-refractivity contribution < 1.29 is 19.1 Å². The normalized spacial score (nSPS) is 10.0. The summed E-state index contributed by atoms with van der Waals surface area (Å²) in [6.07, 6.45) is 0. The van der Waals surface area contributed by atoms with E-state index in [1.165, 1.54) is 0 Å². The largest absolute Gasteiger partial charge is 0.497 e. The van der Waals surface area contributed by atoms with Crippen LogP contribution >= 0.6 is 11.6 Å². The number of amides is 1. The lowest BCUT2D eigenvalue weighted by atomic mass is 10.1. The number of methoxy groups -OCH3 is 1. The molecule has 1 amide bonds. The van der Waals surface area contributed by atoms with Crippen molar-refractivity contribution in [2.24, 2.45) is 0 Å². The van der Waals surface area contributed by atoms with Crippen molar-refractivity contribution in [3.63, 3.8) is 0 Å². The minimum Gasteiger partial charge on any atom is -0.497 e. The first-order chi connectivity index (χ1) is 11.0. The van der Waals surface area contributed by atoms with Crippen LogP contribution in [-0.2, 0) is 9.53 Å². The quantitative estimate of drug-likeness (QED) is 0.851. The average molecular weight is 334 g/mol. The molecule has 6 heteroatoms. The molecule has 0 aliphatic carbocycles. The number of nitrogens with one attached hydrogen (secondary N) is 1. The Kier molecular flexibility index (Phi) is 5.60. The molecule has 2 aromatic rings. The number of rotatable bonds is 5. The molecule has 0 unspecified atom stereocenters. The Morgan fingerprint density at radius 3 is 2.57 bits per heavy atom. The Morgan fingerprint density at radius 1 is 1.17 bits per heavy atom. The second kappa shape index (κ2) is 7.65. The van der Waals surface area contributed by atoms with Gasteiger partial charge in [-0.05, 0) is 42.8 Å². The van der Waals surface area contributed by atoms with Gasteiger partial charge in [0.25, 0.3) is 5.91 Å². The molecule has 0 saturated heterocycles. The summed E-state index contributed by atoms with van der Waals surface area (Å²) in [5.41, 5.74) is 1.56. The van der Waals surface area contributed by atoms with E-state index in [1.54, 1.807) is 56.5 Å². The van der Waals surface area contributed by atoms with E-state index in [0.29, 0.717) is 27.6 Å². The highest BCUT2D eigenvalue weighted by atomic mass is 35.5. The predicted molar refractivity (Wildman–Crippen MR) is 88.1 cm³/mol.